The molecule has 2 aromatic rings. The molecule has 0 aliphatic carbocycles. The molecule has 10 heteroatoms. The van der Waals surface area contributed by atoms with E-state index in [0.29, 0.717) is 36.4 Å². The number of Topliss-reactive ketones (excluding diaryl/α,β-unsaturated/α-hetero) is 1. The van der Waals surface area contributed by atoms with Gasteiger partial charge in [-0.25, -0.2) is 9.59 Å². The summed E-state index contributed by atoms with van der Waals surface area (Å²) in [4.78, 5) is 47.6. The van der Waals surface area contributed by atoms with Crippen molar-refractivity contribution in [3.05, 3.63) is 46.3 Å². The van der Waals surface area contributed by atoms with Crippen molar-refractivity contribution in [1.82, 2.24) is 16.0 Å². The lowest BCUT2D eigenvalue weighted by Crippen LogP contribution is -2.36. The molecule has 2 aliphatic rings. The number of benzene rings is 1. The van der Waals surface area contributed by atoms with Crippen molar-refractivity contribution in [3.8, 4) is 5.75 Å². The van der Waals surface area contributed by atoms with Gasteiger partial charge in [-0.15, -0.1) is 0 Å². The van der Waals surface area contributed by atoms with Crippen molar-refractivity contribution in [1.29, 1.82) is 0 Å². The Morgan fingerprint density at radius 3 is 2.83 bits per heavy atom. The fraction of sp³-hybridized carbons (Fsp3) is 0.440. The summed E-state index contributed by atoms with van der Waals surface area (Å²) in [6, 6.07) is 6.40. The maximum absolute atomic E-state index is 12.1. The van der Waals surface area contributed by atoms with Gasteiger partial charge in [0.05, 0.1) is 17.6 Å². The van der Waals surface area contributed by atoms with Crippen LogP contribution in [0.15, 0.2) is 39.6 Å². The molecular formula is C25H29N3O6S. The van der Waals surface area contributed by atoms with Crippen molar-refractivity contribution >= 4 is 46.5 Å². The second-order valence-corrected chi connectivity index (χ2v) is 10.1. The zero-order chi connectivity index (χ0) is 24.8. The number of carbonyl (C=O) groups is 3. The summed E-state index contributed by atoms with van der Waals surface area (Å²) >= 11 is 1.88. The molecule has 3 atom stereocenters. The average molecular weight is 500 g/mol. The predicted molar refractivity (Wildman–Crippen MR) is 134 cm³/mol. The number of aromatic hydroxyl groups is 1. The molecule has 3 amide bonds. The van der Waals surface area contributed by atoms with E-state index in [2.05, 4.69) is 16.0 Å². The largest absolute Gasteiger partial charge is 0.508 e. The fourth-order valence-corrected chi connectivity index (χ4v) is 5.93. The van der Waals surface area contributed by atoms with Crippen LogP contribution in [0.25, 0.3) is 17.0 Å². The van der Waals surface area contributed by atoms with Crippen LogP contribution >= 0.6 is 11.8 Å². The Morgan fingerprint density at radius 1 is 1.14 bits per heavy atom. The van der Waals surface area contributed by atoms with Crippen molar-refractivity contribution in [2.45, 2.75) is 55.9 Å². The highest BCUT2D eigenvalue weighted by Gasteiger charge is 2.42. The van der Waals surface area contributed by atoms with Crippen LogP contribution in [0.1, 0.15) is 44.1 Å². The predicted octanol–water partition coefficient (Wildman–Crippen LogP) is 2.70. The van der Waals surface area contributed by atoms with Gasteiger partial charge in [-0.2, -0.15) is 11.8 Å². The Hall–Kier alpha value is -3.27. The number of phenolic OH excluding ortho intramolecular Hbond substituents is 1. The number of carbonyl (C=O) groups excluding carboxylic acids is 3. The summed E-state index contributed by atoms with van der Waals surface area (Å²) < 4.78 is 5.17. The van der Waals surface area contributed by atoms with Gasteiger partial charge in [-0.1, -0.05) is 6.42 Å². The van der Waals surface area contributed by atoms with Crippen molar-refractivity contribution in [3.63, 3.8) is 0 Å². The number of fused-ring (bicyclic) bond motifs is 2. The second-order valence-electron chi connectivity index (χ2n) is 8.85. The van der Waals surface area contributed by atoms with E-state index in [0.717, 1.165) is 25.0 Å². The summed E-state index contributed by atoms with van der Waals surface area (Å²) in [6.07, 6.45) is 6.91. The number of hydrogen-bond acceptors (Lipinski definition) is 7. The number of amides is 3. The summed E-state index contributed by atoms with van der Waals surface area (Å²) in [5, 5.41) is 19.1. The van der Waals surface area contributed by atoms with Crippen LogP contribution in [0, 0.1) is 0 Å². The maximum Gasteiger partial charge on any atom is 0.343 e. The van der Waals surface area contributed by atoms with E-state index in [1.807, 2.05) is 11.8 Å². The average Bonchev–Trinajstić information content (AvgIpc) is 3.37. The van der Waals surface area contributed by atoms with Gasteiger partial charge in [-0.05, 0) is 43.5 Å². The molecule has 1 aromatic carbocycles. The minimum atomic E-state index is -0.603. The van der Waals surface area contributed by atoms with Crippen molar-refractivity contribution in [2.75, 3.05) is 12.3 Å². The molecule has 186 valence electrons. The Kier molecular flexibility index (Phi) is 8.12. The molecule has 2 saturated heterocycles. The van der Waals surface area contributed by atoms with E-state index in [4.69, 9.17) is 4.42 Å². The zero-order valence-electron chi connectivity index (χ0n) is 19.2. The van der Waals surface area contributed by atoms with E-state index < -0.39 is 5.63 Å². The Labute approximate surface area is 206 Å². The first kappa shape index (κ1) is 24.8. The number of phenols is 1. The Bertz CT molecular complexity index is 1190. The molecule has 0 bridgehead atoms. The van der Waals surface area contributed by atoms with E-state index in [1.54, 1.807) is 12.1 Å². The first-order chi connectivity index (χ1) is 16.9. The van der Waals surface area contributed by atoms with Gasteiger partial charge >= 0.3 is 11.7 Å². The fourth-order valence-electron chi connectivity index (χ4n) is 4.39. The Morgan fingerprint density at radius 2 is 1.97 bits per heavy atom. The molecule has 0 radical (unpaired) electrons. The molecule has 0 saturated carbocycles. The number of ketones is 1. The van der Waals surface area contributed by atoms with E-state index >= 15 is 0 Å². The van der Waals surface area contributed by atoms with Crippen LogP contribution in [0.5, 0.6) is 5.75 Å². The van der Waals surface area contributed by atoms with Crippen molar-refractivity contribution in [2.24, 2.45) is 0 Å². The second kappa shape index (κ2) is 11.4. The molecular weight excluding hydrogens is 470 g/mol. The third-order valence-electron chi connectivity index (χ3n) is 6.22. The summed E-state index contributed by atoms with van der Waals surface area (Å²) in [7, 11) is 0. The number of hydrogen-bond donors (Lipinski definition) is 4. The minimum Gasteiger partial charge on any atom is -0.508 e. The third-order valence-corrected chi connectivity index (χ3v) is 7.73. The zero-order valence-corrected chi connectivity index (χ0v) is 20.1. The first-order valence-corrected chi connectivity index (χ1v) is 12.9. The molecule has 0 spiro atoms. The third kappa shape index (κ3) is 6.66. The molecule has 4 rings (SSSR count). The summed E-state index contributed by atoms with van der Waals surface area (Å²) in [6.45, 7) is 0.370. The number of nitrogens with one attached hydrogen (secondary N) is 3. The van der Waals surface area contributed by atoms with Crippen LogP contribution in [-0.2, 0) is 9.59 Å². The maximum atomic E-state index is 12.1. The van der Waals surface area contributed by atoms with Crippen LogP contribution in [0.2, 0.25) is 0 Å². The van der Waals surface area contributed by atoms with Gasteiger partial charge in [0.15, 0.2) is 0 Å². The van der Waals surface area contributed by atoms with Crippen molar-refractivity contribution < 1.29 is 23.9 Å². The summed E-state index contributed by atoms with van der Waals surface area (Å²) in [5.41, 5.74) is -0.104. The first-order valence-electron chi connectivity index (χ1n) is 11.8. The topological polar surface area (TPSA) is 138 Å². The SMILES string of the molecule is O=C(CCCCC1SCC2NC(=O)NC21)CCCNC(=O)/C=C/c1cc2ccc(O)cc2oc1=O. The lowest BCUT2D eigenvalue weighted by atomic mass is 10.0. The molecule has 9 nitrogen and oxygen atoms in total. The van der Waals surface area contributed by atoms with Crippen LogP contribution in [-0.4, -0.2) is 52.5 Å². The number of urea groups is 1. The van der Waals surface area contributed by atoms with Crippen LogP contribution < -0.4 is 21.6 Å². The van der Waals surface area contributed by atoms with Crippen LogP contribution in [0.4, 0.5) is 4.79 Å². The van der Waals surface area contributed by atoms with Gasteiger partial charge in [0.2, 0.25) is 5.91 Å². The van der Waals surface area contributed by atoms with Gasteiger partial charge in [-0.3, -0.25) is 9.59 Å². The molecule has 35 heavy (non-hydrogen) atoms. The number of rotatable bonds is 11. The molecule has 1 aromatic heterocycles. The highest BCUT2D eigenvalue weighted by atomic mass is 32.2. The lowest BCUT2D eigenvalue weighted by molar-refractivity contribution is -0.120. The molecule has 2 fully saturated rings. The lowest BCUT2D eigenvalue weighted by Gasteiger charge is -2.16. The van der Waals surface area contributed by atoms with Gasteiger partial charge in [0.1, 0.15) is 17.1 Å². The molecule has 2 aliphatic heterocycles. The smallest absolute Gasteiger partial charge is 0.343 e. The van der Waals surface area contributed by atoms with E-state index in [9.17, 15) is 24.3 Å². The van der Waals surface area contributed by atoms with E-state index in [1.165, 1.54) is 24.3 Å². The number of unbranched alkanes of at least 4 members (excludes halogenated alkanes) is 1. The van der Waals surface area contributed by atoms with Gasteiger partial charge < -0.3 is 25.5 Å². The highest BCUT2D eigenvalue weighted by molar-refractivity contribution is 8.00. The molecule has 4 N–H and O–H groups in total. The monoisotopic (exact) mass is 499 g/mol. The van der Waals surface area contributed by atoms with Gasteiger partial charge in [0, 0.05) is 47.9 Å². The molecule has 3 heterocycles. The van der Waals surface area contributed by atoms with E-state index in [-0.39, 0.29) is 46.7 Å². The van der Waals surface area contributed by atoms with Crippen LogP contribution in [0.3, 0.4) is 0 Å². The minimum absolute atomic E-state index is 0.000968. The number of thioether (sulfide) groups is 1. The Balaban J connectivity index is 1.10. The quantitative estimate of drug-likeness (QED) is 0.161. The standard InChI is InChI=1S/C25H29N3O6S/c29-17(4-1-2-6-21-23-19(14-35-21)27-25(33)28-23)5-3-11-26-22(31)10-8-16-12-15-7-9-18(30)13-20(15)34-24(16)32/h7-10,12-13,19,21,23,30H,1-6,11,14H2,(H,26,31)(H2,27,28,33)/b10-8+. The van der Waals surface area contributed by atoms with Gasteiger partial charge in [0.25, 0.3) is 0 Å². The normalized spacial score (nSPS) is 21.1. The molecule has 3 unspecified atom stereocenters. The highest BCUT2D eigenvalue weighted by Crippen LogP contribution is 2.33. The summed E-state index contributed by atoms with van der Waals surface area (Å²) in [5.74, 6) is 0.765.